The van der Waals surface area contributed by atoms with Gasteiger partial charge in [0, 0.05) is 30.2 Å². The molecule has 1 saturated heterocycles. The zero-order valence-electron chi connectivity index (χ0n) is 20.3. The standard InChI is InChI=1S/C28H33NO6/c1-2-3-4-5-6-7-16-33-23-10-12-24(13-11-23)34-27(30)25-19-21-8-9-22(20-26(21)35-28(25)31)29-14-17-32-18-15-29/h8-13,19-20H,2-7,14-18H2,1H3. The highest BCUT2D eigenvalue weighted by atomic mass is 16.5. The topological polar surface area (TPSA) is 78.2 Å². The number of anilines is 1. The van der Waals surface area contributed by atoms with Gasteiger partial charge in [-0.25, -0.2) is 9.59 Å². The van der Waals surface area contributed by atoms with Crippen LogP contribution in [-0.2, 0) is 4.74 Å². The van der Waals surface area contributed by atoms with Crippen LogP contribution >= 0.6 is 0 Å². The molecule has 2 aromatic carbocycles. The molecular weight excluding hydrogens is 446 g/mol. The smallest absolute Gasteiger partial charge is 0.351 e. The number of esters is 1. The van der Waals surface area contributed by atoms with Crippen molar-refractivity contribution in [1.82, 2.24) is 0 Å². The number of ether oxygens (including phenoxy) is 3. The molecule has 4 rings (SSSR count). The van der Waals surface area contributed by atoms with Crippen LogP contribution in [0, 0.1) is 0 Å². The summed E-state index contributed by atoms with van der Waals surface area (Å²) < 4.78 is 22.0. The minimum absolute atomic E-state index is 0.139. The summed E-state index contributed by atoms with van der Waals surface area (Å²) in [4.78, 5) is 27.3. The molecule has 0 radical (unpaired) electrons. The van der Waals surface area contributed by atoms with Gasteiger partial charge in [-0.05, 0) is 48.9 Å². The number of hydrogen-bond acceptors (Lipinski definition) is 7. The van der Waals surface area contributed by atoms with Gasteiger partial charge in [-0.3, -0.25) is 0 Å². The molecule has 0 bridgehead atoms. The van der Waals surface area contributed by atoms with Crippen molar-refractivity contribution in [3.8, 4) is 11.5 Å². The summed E-state index contributed by atoms with van der Waals surface area (Å²) >= 11 is 0. The predicted octanol–water partition coefficient (Wildman–Crippen LogP) is 5.59. The van der Waals surface area contributed by atoms with E-state index >= 15 is 0 Å². The SMILES string of the molecule is CCCCCCCCOc1ccc(OC(=O)c2cc3ccc(N4CCOCC4)cc3oc2=O)cc1. The molecule has 0 spiro atoms. The Hall–Kier alpha value is -3.32. The number of carbonyl (C=O) groups excluding carboxylic acids is 1. The van der Waals surface area contributed by atoms with Gasteiger partial charge in [0.15, 0.2) is 0 Å². The van der Waals surface area contributed by atoms with Gasteiger partial charge in [-0.2, -0.15) is 0 Å². The lowest BCUT2D eigenvalue weighted by Gasteiger charge is -2.28. The third-order valence-corrected chi connectivity index (χ3v) is 6.12. The highest BCUT2D eigenvalue weighted by Gasteiger charge is 2.18. The Bertz CT molecular complexity index is 1160. The fourth-order valence-electron chi connectivity index (χ4n) is 4.10. The predicted molar refractivity (Wildman–Crippen MR) is 136 cm³/mol. The minimum Gasteiger partial charge on any atom is -0.494 e. The van der Waals surface area contributed by atoms with Crippen LogP contribution in [0.5, 0.6) is 11.5 Å². The largest absolute Gasteiger partial charge is 0.494 e. The molecule has 0 aliphatic carbocycles. The average molecular weight is 480 g/mol. The van der Waals surface area contributed by atoms with Crippen molar-refractivity contribution in [3.63, 3.8) is 0 Å². The third kappa shape index (κ3) is 6.85. The molecule has 1 fully saturated rings. The zero-order valence-corrected chi connectivity index (χ0v) is 20.3. The van der Waals surface area contributed by atoms with Gasteiger partial charge in [0.05, 0.1) is 19.8 Å². The molecule has 0 unspecified atom stereocenters. The number of morpholine rings is 1. The van der Waals surface area contributed by atoms with Crippen molar-refractivity contribution in [2.45, 2.75) is 45.4 Å². The van der Waals surface area contributed by atoms with Crippen LogP contribution in [0.15, 0.2) is 57.7 Å². The van der Waals surface area contributed by atoms with Crippen LogP contribution in [0.2, 0.25) is 0 Å². The van der Waals surface area contributed by atoms with Crippen LogP contribution in [0.4, 0.5) is 5.69 Å². The molecule has 0 atom stereocenters. The molecule has 35 heavy (non-hydrogen) atoms. The molecule has 0 amide bonds. The lowest BCUT2D eigenvalue weighted by molar-refractivity contribution is 0.0730. The van der Waals surface area contributed by atoms with Crippen LogP contribution in [0.1, 0.15) is 55.8 Å². The normalized spacial score (nSPS) is 13.7. The van der Waals surface area contributed by atoms with Crippen molar-refractivity contribution in [2.75, 3.05) is 37.8 Å². The first-order valence-electron chi connectivity index (χ1n) is 12.5. The van der Waals surface area contributed by atoms with E-state index in [4.69, 9.17) is 18.6 Å². The third-order valence-electron chi connectivity index (χ3n) is 6.12. The second kappa shape index (κ2) is 12.4. The van der Waals surface area contributed by atoms with Gasteiger partial charge in [0.25, 0.3) is 0 Å². The van der Waals surface area contributed by atoms with E-state index in [1.54, 1.807) is 24.3 Å². The molecule has 1 aromatic heterocycles. The van der Waals surface area contributed by atoms with Gasteiger partial charge < -0.3 is 23.5 Å². The Kier molecular flexibility index (Phi) is 8.79. The summed E-state index contributed by atoms with van der Waals surface area (Å²) in [5.74, 6) is 0.308. The monoisotopic (exact) mass is 479 g/mol. The van der Waals surface area contributed by atoms with Crippen molar-refractivity contribution >= 4 is 22.6 Å². The summed E-state index contributed by atoms with van der Waals surface area (Å²) in [6.45, 7) is 5.77. The fourth-order valence-corrected chi connectivity index (χ4v) is 4.10. The van der Waals surface area contributed by atoms with E-state index in [1.165, 1.54) is 38.2 Å². The summed E-state index contributed by atoms with van der Waals surface area (Å²) in [6, 6.07) is 14.0. The van der Waals surface area contributed by atoms with E-state index in [0.717, 1.165) is 30.9 Å². The Balaban J connectivity index is 1.34. The number of rotatable bonds is 11. The van der Waals surface area contributed by atoms with E-state index < -0.39 is 11.6 Å². The van der Waals surface area contributed by atoms with Crippen molar-refractivity contribution < 1.29 is 23.4 Å². The molecule has 1 aliphatic heterocycles. The summed E-state index contributed by atoms with van der Waals surface area (Å²) in [6.07, 6.45) is 7.24. The number of benzene rings is 2. The highest BCUT2D eigenvalue weighted by Crippen LogP contribution is 2.24. The molecule has 0 saturated carbocycles. The van der Waals surface area contributed by atoms with E-state index in [2.05, 4.69) is 11.8 Å². The Labute approximate surface area is 205 Å². The number of hydrogen-bond donors (Lipinski definition) is 0. The van der Waals surface area contributed by atoms with Gasteiger partial charge in [0.1, 0.15) is 22.6 Å². The summed E-state index contributed by atoms with van der Waals surface area (Å²) in [5.41, 5.74) is 0.529. The lowest BCUT2D eigenvalue weighted by Crippen LogP contribution is -2.36. The van der Waals surface area contributed by atoms with Crippen molar-refractivity contribution in [3.05, 3.63) is 64.5 Å². The summed E-state index contributed by atoms with van der Waals surface area (Å²) in [7, 11) is 0. The van der Waals surface area contributed by atoms with Crippen LogP contribution in [0.25, 0.3) is 11.0 Å². The Morgan fingerprint density at radius 2 is 1.63 bits per heavy atom. The second-order valence-electron chi connectivity index (χ2n) is 8.75. The molecule has 2 heterocycles. The maximum Gasteiger partial charge on any atom is 0.351 e. The Morgan fingerprint density at radius 3 is 2.40 bits per heavy atom. The fraction of sp³-hybridized carbons (Fsp3) is 0.429. The van der Waals surface area contributed by atoms with E-state index in [1.807, 2.05) is 18.2 Å². The van der Waals surface area contributed by atoms with Gasteiger partial charge in [-0.15, -0.1) is 0 Å². The van der Waals surface area contributed by atoms with Gasteiger partial charge in [-0.1, -0.05) is 39.0 Å². The molecular formula is C28H33NO6. The maximum atomic E-state index is 12.7. The first kappa shape index (κ1) is 24.8. The van der Waals surface area contributed by atoms with Crippen LogP contribution in [-0.4, -0.2) is 38.9 Å². The maximum absolute atomic E-state index is 12.7. The second-order valence-corrected chi connectivity index (χ2v) is 8.75. The first-order valence-corrected chi connectivity index (χ1v) is 12.5. The van der Waals surface area contributed by atoms with E-state index in [9.17, 15) is 9.59 Å². The molecule has 3 aromatic rings. The van der Waals surface area contributed by atoms with Crippen molar-refractivity contribution in [2.24, 2.45) is 0 Å². The summed E-state index contributed by atoms with van der Waals surface area (Å²) in [5, 5.41) is 0.659. The minimum atomic E-state index is -0.751. The highest BCUT2D eigenvalue weighted by molar-refractivity contribution is 5.94. The Morgan fingerprint density at radius 1 is 0.914 bits per heavy atom. The van der Waals surface area contributed by atoms with E-state index in [-0.39, 0.29) is 5.56 Å². The van der Waals surface area contributed by atoms with E-state index in [0.29, 0.717) is 36.5 Å². The lowest BCUT2D eigenvalue weighted by atomic mass is 10.1. The molecule has 0 N–H and O–H groups in total. The number of nitrogens with zero attached hydrogens (tertiary/aromatic N) is 1. The molecule has 7 heteroatoms. The van der Waals surface area contributed by atoms with Gasteiger partial charge in [0.2, 0.25) is 0 Å². The molecule has 1 aliphatic rings. The molecule has 7 nitrogen and oxygen atoms in total. The first-order chi connectivity index (χ1) is 17.1. The number of fused-ring (bicyclic) bond motifs is 1. The zero-order chi connectivity index (χ0) is 24.5. The van der Waals surface area contributed by atoms with Gasteiger partial charge >= 0.3 is 11.6 Å². The number of unbranched alkanes of at least 4 members (excludes halogenated alkanes) is 5. The molecule has 186 valence electrons. The quantitative estimate of drug-likeness (QED) is 0.154. The van der Waals surface area contributed by atoms with Crippen molar-refractivity contribution in [1.29, 1.82) is 0 Å². The van der Waals surface area contributed by atoms with Crippen LogP contribution in [0.3, 0.4) is 0 Å². The van der Waals surface area contributed by atoms with Crippen LogP contribution < -0.4 is 20.0 Å². The average Bonchev–Trinajstić information content (AvgIpc) is 2.89. The number of carbonyl (C=O) groups is 1.